The van der Waals surface area contributed by atoms with Gasteiger partial charge in [-0.1, -0.05) is 6.92 Å². The molecule has 0 aliphatic rings. The van der Waals surface area contributed by atoms with Crippen molar-refractivity contribution in [2.24, 2.45) is 0 Å². The molecule has 1 aromatic heterocycles. The fourth-order valence-electron chi connectivity index (χ4n) is 2.01. The zero-order valence-corrected chi connectivity index (χ0v) is 10.8. The minimum Gasteiger partial charge on any atom is -0.394 e. The molecule has 0 aliphatic carbocycles. The Bertz CT molecular complexity index is 333. The molecule has 0 aliphatic heterocycles. The highest BCUT2D eigenvalue weighted by Crippen LogP contribution is 2.14. The molecule has 0 amide bonds. The molecule has 92 valence electrons. The first-order chi connectivity index (χ1) is 7.60. The maximum atomic E-state index is 8.94. The molecule has 0 radical (unpaired) electrons. The quantitative estimate of drug-likeness (QED) is 0.794. The van der Waals surface area contributed by atoms with Crippen LogP contribution >= 0.6 is 0 Å². The van der Waals surface area contributed by atoms with Crippen molar-refractivity contribution >= 4 is 0 Å². The number of aromatic nitrogens is 2. The van der Waals surface area contributed by atoms with E-state index in [2.05, 4.69) is 30.9 Å². The van der Waals surface area contributed by atoms with Gasteiger partial charge < -0.3 is 10.0 Å². The zero-order chi connectivity index (χ0) is 12.1. The van der Waals surface area contributed by atoms with E-state index in [1.165, 1.54) is 17.7 Å². The van der Waals surface area contributed by atoms with Crippen molar-refractivity contribution in [2.75, 3.05) is 20.2 Å². The standard InChI is InChI=1S/C12H23N3O/c1-5-6-14(4)9-12-10(2)13-15(7-8-16)11(12)3/h16H,5-9H2,1-4H3. The first-order valence-electron chi connectivity index (χ1n) is 5.92. The summed E-state index contributed by atoms with van der Waals surface area (Å²) in [5.41, 5.74) is 3.55. The molecule has 1 N–H and O–H groups in total. The number of nitrogens with zero attached hydrogens (tertiary/aromatic N) is 3. The normalized spacial score (nSPS) is 11.4. The summed E-state index contributed by atoms with van der Waals surface area (Å²) in [4.78, 5) is 2.31. The van der Waals surface area contributed by atoms with Gasteiger partial charge in [0.1, 0.15) is 0 Å². The number of hydrogen-bond donors (Lipinski definition) is 1. The summed E-state index contributed by atoms with van der Waals surface area (Å²) in [7, 11) is 2.13. The molecular formula is C12H23N3O. The molecule has 0 saturated carbocycles. The van der Waals surface area contributed by atoms with E-state index in [0.29, 0.717) is 6.54 Å². The van der Waals surface area contributed by atoms with E-state index in [4.69, 9.17) is 5.11 Å². The van der Waals surface area contributed by atoms with Gasteiger partial charge in [0.05, 0.1) is 18.8 Å². The van der Waals surface area contributed by atoms with Gasteiger partial charge in [-0.15, -0.1) is 0 Å². The van der Waals surface area contributed by atoms with E-state index in [0.717, 1.165) is 18.8 Å². The first-order valence-corrected chi connectivity index (χ1v) is 5.92. The van der Waals surface area contributed by atoms with Crippen LogP contribution in [0.3, 0.4) is 0 Å². The first kappa shape index (κ1) is 13.2. The number of aliphatic hydroxyl groups is 1. The predicted octanol–water partition coefficient (Wildman–Crippen LogP) is 1.33. The fourth-order valence-corrected chi connectivity index (χ4v) is 2.01. The molecule has 0 bridgehead atoms. The van der Waals surface area contributed by atoms with Crippen molar-refractivity contribution in [3.8, 4) is 0 Å². The lowest BCUT2D eigenvalue weighted by atomic mass is 10.2. The Kier molecular flexibility index (Phi) is 4.96. The van der Waals surface area contributed by atoms with Crippen LogP contribution in [0.15, 0.2) is 0 Å². The number of rotatable bonds is 6. The van der Waals surface area contributed by atoms with Crippen LogP contribution in [-0.4, -0.2) is 40.0 Å². The summed E-state index contributed by atoms with van der Waals surface area (Å²) in [5.74, 6) is 0. The minimum atomic E-state index is 0.145. The molecule has 0 unspecified atom stereocenters. The second kappa shape index (κ2) is 6.01. The molecule has 0 spiro atoms. The Labute approximate surface area is 97.9 Å². The third kappa shape index (κ3) is 3.06. The number of aliphatic hydroxyl groups excluding tert-OH is 1. The Morgan fingerprint density at radius 3 is 2.62 bits per heavy atom. The molecule has 0 fully saturated rings. The molecule has 4 heteroatoms. The van der Waals surface area contributed by atoms with Crippen LogP contribution in [0.5, 0.6) is 0 Å². The van der Waals surface area contributed by atoms with E-state index in [9.17, 15) is 0 Å². The van der Waals surface area contributed by atoms with Crippen LogP contribution in [0.1, 0.15) is 30.3 Å². The van der Waals surface area contributed by atoms with Crippen LogP contribution in [0.4, 0.5) is 0 Å². The van der Waals surface area contributed by atoms with Crippen molar-refractivity contribution in [1.82, 2.24) is 14.7 Å². The van der Waals surface area contributed by atoms with E-state index < -0.39 is 0 Å². The molecular weight excluding hydrogens is 202 g/mol. The van der Waals surface area contributed by atoms with Gasteiger partial charge in [0.2, 0.25) is 0 Å². The topological polar surface area (TPSA) is 41.3 Å². The van der Waals surface area contributed by atoms with E-state index in [-0.39, 0.29) is 6.61 Å². The van der Waals surface area contributed by atoms with Crippen molar-refractivity contribution in [3.05, 3.63) is 17.0 Å². The lowest BCUT2D eigenvalue weighted by Gasteiger charge is -2.15. The summed E-state index contributed by atoms with van der Waals surface area (Å²) >= 11 is 0. The molecule has 1 heterocycles. The summed E-state index contributed by atoms with van der Waals surface area (Å²) in [6.07, 6.45) is 1.17. The average molecular weight is 225 g/mol. The molecule has 0 aromatic carbocycles. The highest BCUT2D eigenvalue weighted by molar-refractivity contribution is 5.24. The molecule has 0 saturated heterocycles. The van der Waals surface area contributed by atoms with Gasteiger partial charge in [0.15, 0.2) is 0 Å². The number of hydrogen-bond acceptors (Lipinski definition) is 3. The Hall–Kier alpha value is -0.870. The van der Waals surface area contributed by atoms with E-state index in [1.807, 2.05) is 11.6 Å². The van der Waals surface area contributed by atoms with Crippen molar-refractivity contribution in [3.63, 3.8) is 0 Å². The predicted molar refractivity (Wildman–Crippen MR) is 65.4 cm³/mol. The Morgan fingerprint density at radius 2 is 2.06 bits per heavy atom. The molecule has 4 nitrogen and oxygen atoms in total. The van der Waals surface area contributed by atoms with E-state index in [1.54, 1.807) is 0 Å². The summed E-state index contributed by atoms with van der Waals surface area (Å²) < 4.78 is 1.89. The molecule has 16 heavy (non-hydrogen) atoms. The minimum absolute atomic E-state index is 0.145. The zero-order valence-electron chi connectivity index (χ0n) is 10.8. The van der Waals surface area contributed by atoms with Crippen molar-refractivity contribution in [2.45, 2.75) is 40.3 Å². The maximum Gasteiger partial charge on any atom is 0.0644 e. The fraction of sp³-hybridized carbons (Fsp3) is 0.750. The van der Waals surface area contributed by atoms with Crippen LogP contribution < -0.4 is 0 Å². The van der Waals surface area contributed by atoms with Crippen molar-refractivity contribution in [1.29, 1.82) is 0 Å². The maximum absolute atomic E-state index is 8.94. The van der Waals surface area contributed by atoms with Crippen LogP contribution in [0.2, 0.25) is 0 Å². The second-order valence-electron chi connectivity index (χ2n) is 4.33. The largest absolute Gasteiger partial charge is 0.394 e. The van der Waals surface area contributed by atoms with Crippen LogP contribution in [0, 0.1) is 13.8 Å². The average Bonchev–Trinajstić information content (AvgIpc) is 2.47. The van der Waals surface area contributed by atoms with Crippen molar-refractivity contribution < 1.29 is 5.11 Å². The molecule has 1 aromatic rings. The smallest absolute Gasteiger partial charge is 0.0644 e. The highest BCUT2D eigenvalue weighted by Gasteiger charge is 2.12. The van der Waals surface area contributed by atoms with Gasteiger partial charge in [-0.3, -0.25) is 4.68 Å². The summed E-state index contributed by atoms with van der Waals surface area (Å²) in [6.45, 7) is 9.07. The van der Waals surface area contributed by atoms with Gasteiger partial charge in [-0.25, -0.2) is 0 Å². The lowest BCUT2D eigenvalue weighted by molar-refractivity contribution is 0.267. The lowest BCUT2D eigenvalue weighted by Crippen LogP contribution is -2.19. The molecule has 0 atom stereocenters. The van der Waals surface area contributed by atoms with Gasteiger partial charge in [-0.05, 0) is 33.9 Å². The van der Waals surface area contributed by atoms with Crippen LogP contribution in [0.25, 0.3) is 0 Å². The highest BCUT2D eigenvalue weighted by atomic mass is 16.3. The second-order valence-corrected chi connectivity index (χ2v) is 4.33. The van der Waals surface area contributed by atoms with Gasteiger partial charge in [0.25, 0.3) is 0 Å². The van der Waals surface area contributed by atoms with Gasteiger partial charge >= 0.3 is 0 Å². The van der Waals surface area contributed by atoms with Gasteiger partial charge in [-0.2, -0.15) is 5.10 Å². The van der Waals surface area contributed by atoms with Crippen LogP contribution in [-0.2, 0) is 13.1 Å². The third-order valence-electron chi connectivity index (χ3n) is 2.88. The summed E-state index contributed by atoms with van der Waals surface area (Å²) in [5, 5.41) is 13.4. The third-order valence-corrected chi connectivity index (χ3v) is 2.88. The Balaban J connectivity index is 2.79. The van der Waals surface area contributed by atoms with E-state index >= 15 is 0 Å². The van der Waals surface area contributed by atoms with Gasteiger partial charge in [0, 0.05) is 17.8 Å². The number of aryl methyl sites for hydroxylation is 1. The monoisotopic (exact) mass is 225 g/mol. The Morgan fingerprint density at radius 1 is 1.38 bits per heavy atom. The molecule has 1 rings (SSSR count). The summed E-state index contributed by atoms with van der Waals surface area (Å²) in [6, 6.07) is 0. The SMILES string of the molecule is CCCN(C)Cc1c(C)nn(CCO)c1C.